The van der Waals surface area contributed by atoms with E-state index in [1.807, 2.05) is 0 Å². The molecule has 1 heteroatoms. The molecule has 2 aliphatic rings. The first-order valence-electron chi connectivity index (χ1n) is 4.97. The average Bonchev–Trinajstić information content (AvgIpc) is 2.33. The van der Waals surface area contributed by atoms with Gasteiger partial charge in [-0.25, -0.2) is 0 Å². The van der Waals surface area contributed by atoms with Crippen LogP contribution in [0, 0.1) is 11.8 Å². The molecule has 0 aromatic rings. The fraction of sp³-hybridized carbons (Fsp3) is 1.00. The normalized spacial score (nSPS) is 45.8. The molecule has 1 aliphatic carbocycles. The maximum atomic E-state index is 2.57. The molecule has 1 saturated carbocycles. The molecule has 11 heavy (non-hydrogen) atoms. The van der Waals surface area contributed by atoms with Gasteiger partial charge in [0.25, 0.3) is 0 Å². The van der Waals surface area contributed by atoms with E-state index in [0.717, 1.165) is 17.9 Å². The van der Waals surface area contributed by atoms with Gasteiger partial charge in [-0.15, -0.1) is 0 Å². The molecule has 2 fully saturated rings. The zero-order chi connectivity index (χ0) is 7.84. The summed E-state index contributed by atoms with van der Waals surface area (Å²) in [5.41, 5.74) is 0. The Bertz CT molecular complexity index is 144. The minimum Gasteiger partial charge on any atom is -0.303 e. The summed E-state index contributed by atoms with van der Waals surface area (Å²) < 4.78 is 0. The molecule has 0 amide bonds. The van der Waals surface area contributed by atoms with Gasteiger partial charge in [-0.2, -0.15) is 0 Å². The molecule has 0 radical (unpaired) electrons. The summed E-state index contributed by atoms with van der Waals surface area (Å²) in [6.45, 7) is 3.75. The molecule has 0 bridgehead atoms. The fourth-order valence-corrected chi connectivity index (χ4v) is 2.83. The van der Waals surface area contributed by atoms with E-state index in [1.165, 1.54) is 32.2 Å². The van der Waals surface area contributed by atoms with Crippen molar-refractivity contribution >= 4 is 0 Å². The van der Waals surface area contributed by atoms with Gasteiger partial charge < -0.3 is 4.90 Å². The minimum absolute atomic E-state index is 0.943. The van der Waals surface area contributed by atoms with Crippen molar-refractivity contribution < 1.29 is 0 Å². The molecular weight excluding hydrogens is 134 g/mol. The minimum atomic E-state index is 0.943. The maximum Gasteiger partial charge on any atom is 0.0123 e. The Hall–Kier alpha value is -0.0400. The molecular formula is C10H19N. The largest absolute Gasteiger partial charge is 0.303 e. The Morgan fingerprint density at radius 3 is 2.82 bits per heavy atom. The lowest BCUT2D eigenvalue weighted by molar-refractivity contribution is 0.178. The molecule has 0 N–H and O–H groups in total. The summed E-state index contributed by atoms with van der Waals surface area (Å²) >= 11 is 0. The quantitative estimate of drug-likeness (QED) is 0.515. The first-order chi connectivity index (χ1) is 5.27. The van der Waals surface area contributed by atoms with Crippen molar-refractivity contribution in [1.82, 2.24) is 4.90 Å². The molecule has 2 rings (SSSR count). The molecule has 1 saturated heterocycles. The van der Waals surface area contributed by atoms with Crippen LogP contribution >= 0.6 is 0 Å². The topological polar surface area (TPSA) is 3.24 Å². The van der Waals surface area contributed by atoms with Crippen LogP contribution in [0.4, 0.5) is 0 Å². The number of hydrogen-bond acceptors (Lipinski definition) is 1. The van der Waals surface area contributed by atoms with Gasteiger partial charge >= 0.3 is 0 Å². The smallest absolute Gasteiger partial charge is 0.0123 e. The van der Waals surface area contributed by atoms with Gasteiger partial charge in [0.15, 0.2) is 0 Å². The van der Waals surface area contributed by atoms with E-state index in [2.05, 4.69) is 18.9 Å². The first kappa shape index (κ1) is 7.60. The monoisotopic (exact) mass is 153 g/mol. The lowest BCUT2D eigenvalue weighted by Gasteiger charge is -2.33. The maximum absolute atomic E-state index is 2.57. The van der Waals surface area contributed by atoms with Gasteiger partial charge in [0, 0.05) is 6.04 Å². The van der Waals surface area contributed by atoms with Crippen molar-refractivity contribution in [3.05, 3.63) is 0 Å². The van der Waals surface area contributed by atoms with Crippen LogP contribution in [0.1, 0.15) is 32.6 Å². The standard InChI is InChI=1S/C10H19N/c1-8-3-4-9-5-6-11(2)10(9)7-8/h8-10H,3-7H2,1-2H3. The predicted octanol–water partition coefficient (Wildman–Crippen LogP) is 2.13. The summed E-state index contributed by atoms with van der Waals surface area (Å²) in [6, 6.07) is 0.943. The van der Waals surface area contributed by atoms with Crippen molar-refractivity contribution in [1.29, 1.82) is 0 Å². The third kappa shape index (κ3) is 1.31. The Morgan fingerprint density at radius 1 is 1.18 bits per heavy atom. The van der Waals surface area contributed by atoms with Crippen LogP contribution in [0.15, 0.2) is 0 Å². The highest BCUT2D eigenvalue weighted by molar-refractivity contribution is 4.89. The summed E-state index contributed by atoms with van der Waals surface area (Å²) in [5.74, 6) is 2.04. The molecule has 3 unspecified atom stereocenters. The van der Waals surface area contributed by atoms with E-state index in [-0.39, 0.29) is 0 Å². The second kappa shape index (κ2) is 2.78. The van der Waals surface area contributed by atoms with Crippen molar-refractivity contribution in [2.75, 3.05) is 13.6 Å². The second-order valence-electron chi connectivity index (χ2n) is 4.51. The van der Waals surface area contributed by atoms with Crippen LogP contribution in [0.3, 0.4) is 0 Å². The van der Waals surface area contributed by atoms with Gasteiger partial charge in [0.1, 0.15) is 0 Å². The van der Waals surface area contributed by atoms with Gasteiger partial charge in [-0.3, -0.25) is 0 Å². The third-order valence-electron chi connectivity index (χ3n) is 3.64. The molecule has 1 heterocycles. The molecule has 1 nitrogen and oxygen atoms in total. The van der Waals surface area contributed by atoms with E-state index in [0.29, 0.717) is 0 Å². The van der Waals surface area contributed by atoms with E-state index in [1.54, 1.807) is 0 Å². The average molecular weight is 153 g/mol. The summed E-state index contributed by atoms with van der Waals surface area (Å²) in [7, 11) is 2.29. The van der Waals surface area contributed by atoms with Gasteiger partial charge in [0.05, 0.1) is 0 Å². The predicted molar refractivity (Wildman–Crippen MR) is 47.5 cm³/mol. The van der Waals surface area contributed by atoms with Crippen molar-refractivity contribution in [3.8, 4) is 0 Å². The number of fused-ring (bicyclic) bond motifs is 1. The van der Waals surface area contributed by atoms with Crippen molar-refractivity contribution in [2.45, 2.75) is 38.6 Å². The highest BCUT2D eigenvalue weighted by Gasteiger charge is 2.35. The number of rotatable bonds is 0. The van der Waals surface area contributed by atoms with Crippen LogP contribution in [0.25, 0.3) is 0 Å². The number of hydrogen-bond donors (Lipinski definition) is 0. The lowest BCUT2D eigenvalue weighted by atomic mass is 9.80. The van der Waals surface area contributed by atoms with Crippen LogP contribution in [0.5, 0.6) is 0 Å². The van der Waals surface area contributed by atoms with Crippen molar-refractivity contribution in [2.24, 2.45) is 11.8 Å². The van der Waals surface area contributed by atoms with Gasteiger partial charge in [-0.1, -0.05) is 13.3 Å². The number of nitrogens with zero attached hydrogens (tertiary/aromatic N) is 1. The highest BCUT2D eigenvalue weighted by Crippen LogP contribution is 2.37. The zero-order valence-corrected chi connectivity index (χ0v) is 7.71. The van der Waals surface area contributed by atoms with E-state index >= 15 is 0 Å². The van der Waals surface area contributed by atoms with Crippen LogP contribution in [-0.2, 0) is 0 Å². The Morgan fingerprint density at radius 2 is 2.00 bits per heavy atom. The summed E-state index contributed by atoms with van der Waals surface area (Å²) in [6.07, 6.45) is 5.90. The highest BCUT2D eigenvalue weighted by atomic mass is 15.2. The van der Waals surface area contributed by atoms with Gasteiger partial charge in [-0.05, 0) is 44.7 Å². The summed E-state index contributed by atoms with van der Waals surface area (Å²) in [5, 5.41) is 0. The van der Waals surface area contributed by atoms with Crippen molar-refractivity contribution in [3.63, 3.8) is 0 Å². The van der Waals surface area contributed by atoms with E-state index in [9.17, 15) is 0 Å². The number of likely N-dealkylation sites (tertiary alicyclic amines) is 1. The first-order valence-corrected chi connectivity index (χ1v) is 4.97. The third-order valence-corrected chi connectivity index (χ3v) is 3.64. The fourth-order valence-electron chi connectivity index (χ4n) is 2.83. The zero-order valence-electron chi connectivity index (χ0n) is 7.71. The Labute approximate surface area is 69.8 Å². The Kier molecular flexibility index (Phi) is 1.92. The molecule has 3 atom stereocenters. The van der Waals surface area contributed by atoms with E-state index in [4.69, 9.17) is 0 Å². The molecule has 64 valence electrons. The molecule has 0 spiro atoms. The molecule has 0 aromatic carbocycles. The van der Waals surface area contributed by atoms with Crippen LogP contribution in [-0.4, -0.2) is 24.5 Å². The molecule has 1 aliphatic heterocycles. The van der Waals surface area contributed by atoms with Gasteiger partial charge in [0.2, 0.25) is 0 Å². The lowest BCUT2D eigenvalue weighted by Crippen LogP contribution is -2.34. The molecule has 0 aromatic heterocycles. The van der Waals surface area contributed by atoms with Crippen LogP contribution in [0.2, 0.25) is 0 Å². The SMILES string of the molecule is CC1CCC2CCN(C)C2C1. The van der Waals surface area contributed by atoms with E-state index < -0.39 is 0 Å². The second-order valence-corrected chi connectivity index (χ2v) is 4.51. The van der Waals surface area contributed by atoms with Crippen LogP contribution < -0.4 is 0 Å². The summed E-state index contributed by atoms with van der Waals surface area (Å²) in [4.78, 5) is 2.57. The Balaban J connectivity index is 2.01.